The molecule has 1 unspecified atom stereocenters. The highest BCUT2D eigenvalue weighted by atomic mass is 15.1. The van der Waals surface area contributed by atoms with Crippen LogP contribution in [0.15, 0.2) is 24.3 Å². The normalized spacial score (nSPS) is 22.2. The number of nitrogens with two attached hydrogens (primary N) is 1. The predicted octanol–water partition coefficient (Wildman–Crippen LogP) is 1.53. The molecule has 0 aliphatic carbocycles. The van der Waals surface area contributed by atoms with Crippen molar-refractivity contribution in [1.82, 2.24) is 0 Å². The summed E-state index contributed by atoms with van der Waals surface area (Å²) in [5.74, 6) is 0. The number of hydrogen-bond acceptors (Lipinski definition) is 2. The number of rotatable bonds is 0. The van der Waals surface area contributed by atoms with Gasteiger partial charge in [-0.05, 0) is 18.1 Å². The molecular formula is C10H14N2. The van der Waals surface area contributed by atoms with Crippen molar-refractivity contribution in [2.24, 2.45) is 5.73 Å². The van der Waals surface area contributed by atoms with E-state index in [2.05, 4.69) is 36.2 Å². The number of benzene rings is 1. The molecule has 12 heavy (non-hydrogen) atoms. The molecule has 1 aromatic rings. The Bertz CT molecular complexity index is 254. The van der Waals surface area contributed by atoms with E-state index in [1.807, 2.05) is 0 Å². The van der Waals surface area contributed by atoms with Crippen LogP contribution in [0.5, 0.6) is 0 Å². The van der Waals surface area contributed by atoms with E-state index in [9.17, 15) is 0 Å². The Balaban J connectivity index is 2.47. The molecule has 0 fully saturated rings. The van der Waals surface area contributed by atoms with Crippen LogP contribution in [-0.2, 0) is 0 Å². The third-order valence-electron chi connectivity index (χ3n) is 2.52. The number of nitrogens with zero attached hydrogens (tertiary/aromatic N) is 1. The number of para-hydroxylation sites is 1. The minimum absolute atomic E-state index is 0.234. The first-order chi connectivity index (χ1) is 5.79. The van der Waals surface area contributed by atoms with E-state index in [1.54, 1.807) is 0 Å². The van der Waals surface area contributed by atoms with Crippen LogP contribution in [0.25, 0.3) is 0 Å². The highest BCUT2D eigenvalue weighted by Gasteiger charge is 2.18. The van der Waals surface area contributed by atoms with Gasteiger partial charge >= 0.3 is 0 Å². The molecule has 0 radical (unpaired) electrons. The summed E-state index contributed by atoms with van der Waals surface area (Å²) in [5, 5.41) is 0. The van der Waals surface area contributed by atoms with Gasteiger partial charge in [0.1, 0.15) is 0 Å². The third kappa shape index (κ3) is 1.08. The highest BCUT2D eigenvalue weighted by molar-refractivity contribution is 5.56. The predicted molar refractivity (Wildman–Crippen MR) is 51.3 cm³/mol. The van der Waals surface area contributed by atoms with Gasteiger partial charge in [0, 0.05) is 25.3 Å². The van der Waals surface area contributed by atoms with Crippen molar-refractivity contribution < 1.29 is 0 Å². The second-order valence-electron chi connectivity index (χ2n) is 3.38. The maximum Gasteiger partial charge on any atom is 0.0412 e. The van der Waals surface area contributed by atoms with Gasteiger partial charge in [-0.2, -0.15) is 0 Å². The monoisotopic (exact) mass is 162 g/mol. The van der Waals surface area contributed by atoms with E-state index in [0.29, 0.717) is 0 Å². The summed E-state index contributed by atoms with van der Waals surface area (Å²) in [4.78, 5) is 2.26. The summed E-state index contributed by atoms with van der Waals surface area (Å²) < 4.78 is 0. The third-order valence-corrected chi connectivity index (χ3v) is 2.52. The first kappa shape index (κ1) is 7.62. The molecule has 1 atom stereocenters. The molecule has 2 nitrogen and oxygen atoms in total. The van der Waals surface area contributed by atoms with Crippen LogP contribution in [0, 0.1) is 0 Å². The molecule has 0 bridgehead atoms. The van der Waals surface area contributed by atoms with Crippen LogP contribution in [-0.4, -0.2) is 13.6 Å². The zero-order valence-electron chi connectivity index (χ0n) is 7.33. The summed E-state index contributed by atoms with van der Waals surface area (Å²) in [6.07, 6.45) is 1.06. The smallest absolute Gasteiger partial charge is 0.0412 e. The fourth-order valence-corrected chi connectivity index (χ4v) is 1.76. The van der Waals surface area contributed by atoms with Crippen molar-refractivity contribution in [3.63, 3.8) is 0 Å². The van der Waals surface area contributed by atoms with E-state index in [1.165, 1.54) is 11.3 Å². The first-order valence-electron chi connectivity index (χ1n) is 4.34. The molecular weight excluding hydrogens is 148 g/mol. The molecule has 64 valence electrons. The minimum atomic E-state index is 0.234. The van der Waals surface area contributed by atoms with Gasteiger partial charge in [-0.1, -0.05) is 18.2 Å². The molecule has 1 aliphatic rings. The Labute approximate surface area is 73.0 Å². The summed E-state index contributed by atoms with van der Waals surface area (Å²) in [5.41, 5.74) is 8.55. The number of fused-ring (bicyclic) bond motifs is 1. The molecule has 2 N–H and O–H groups in total. The lowest BCUT2D eigenvalue weighted by Crippen LogP contribution is -2.30. The summed E-state index contributed by atoms with van der Waals surface area (Å²) in [6, 6.07) is 8.60. The van der Waals surface area contributed by atoms with Gasteiger partial charge in [0.2, 0.25) is 0 Å². The lowest BCUT2D eigenvalue weighted by atomic mass is 9.98. The highest BCUT2D eigenvalue weighted by Crippen LogP contribution is 2.30. The van der Waals surface area contributed by atoms with Gasteiger partial charge in [0.05, 0.1) is 0 Å². The van der Waals surface area contributed by atoms with Crippen LogP contribution in [0.3, 0.4) is 0 Å². The SMILES string of the molecule is CN1CCC(N)c2ccccc21. The van der Waals surface area contributed by atoms with Gasteiger partial charge < -0.3 is 10.6 Å². The van der Waals surface area contributed by atoms with Gasteiger partial charge in [-0.25, -0.2) is 0 Å². The van der Waals surface area contributed by atoms with E-state index in [4.69, 9.17) is 5.73 Å². The van der Waals surface area contributed by atoms with Crippen molar-refractivity contribution in [3.05, 3.63) is 29.8 Å². The molecule has 1 heterocycles. The average molecular weight is 162 g/mol. The fourth-order valence-electron chi connectivity index (χ4n) is 1.76. The van der Waals surface area contributed by atoms with Crippen molar-refractivity contribution in [2.75, 3.05) is 18.5 Å². The van der Waals surface area contributed by atoms with E-state index >= 15 is 0 Å². The fraction of sp³-hybridized carbons (Fsp3) is 0.400. The van der Waals surface area contributed by atoms with E-state index in [0.717, 1.165) is 13.0 Å². The Hall–Kier alpha value is -1.02. The summed E-state index contributed by atoms with van der Waals surface area (Å²) >= 11 is 0. The topological polar surface area (TPSA) is 29.3 Å². The summed E-state index contributed by atoms with van der Waals surface area (Å²) in [6.45, 7) is 1.07. The van der Waals surface area contributed by atoms with Crippen molar-refractivity contribution in [3.8, 4) is 0 Å². The lowest BCUT2D eigenvalue weighted by Gasteiger charge is -2.31. The zero-order valence-corrected chi connectivity index (χ0v) is 7.33. The van der Waals surface area contributed by atoms with Crippen LogP contribution < -0.4 is 10.6 Å². The van der Waals surface area contributed by atoms with Gasteiger partial charge in [-0.15, -0.1) is 0 Å². The standard InChI is InChI=1S/C10H14N2/c1-12-7-6-9(11)8-4-2-3-5-10(8)12/h2-5,9H,6-7,11H2,1H3. The van der Waals surface area contributed by atoms with Gasteiger partial charge in [0.25, 0.3) is 0 Å². The van der Waals surface area contributed by atoms with Crippen molar-refractivity contribution in [1.29, 1.82) is 0 Å². The molecule has 0 spiro atoms. The minimum Gasteiger partial charge on any atom is -0.374 e. The van der Waals surface area contributed by atoms with E-state index < -0.39 is 0 Å². The van der Waals surface area contributed by atoms with Gasteiger partial charge in [0.15, 0.2) is 0 Å². The molecule has 1 aromatic carbocycles. The van der Waals surface area contributed by atoms with Crippen LogP contribution >= 0.6 is 0 Å². The number of hydrogen-bond donors (Lipinski definition) is 1. The number of anilines is 1. The second kappa shape index (κ2) is 2.79. The second-order valence-corrected chi connectivity index (χ2v) is 3.38. The molecule has 1 aliphatic heterocycles. The van der Waals surface area contributed by atoms with Crippen LogP contribution in [0.2, 0.25) is 0 Å². The van der Waals surface area contributed by atoms with E-state index in [-0.39, 0.29) is 6.04 Å². The molecule has 0 saturated carbocycles. The van der Waals surface area contributed by atoms with Crippen LogP contribution in [0.4, 0.5) is 5.69 Å². The summed E-state index contributed by atoms with van der Waals surface area (Å²) in [7, 11) is 2.12. The lowest BCUT2D eigenvalue weighted by molar-refractivity contribution is 0.614. The Morgan fingerprint density at radius 1 is 1.42 bits per heavy atom. The molecule has 0 aromatic heterocycles. The van der Waals surface area contributed by atoms with Crippen LogP contribution in [0.1, 0.15) is 18.0 Å². The first-order valence-corrected chi connectivity index (χ1v) is 4.34. The Morgan fingerprint density at radius 2 is 2.17 bits per heavy atom. The average Bonchev–Trinajstić information content (AvgIpc) is 2.12. The molecule has 0 amide bonds. The largest absolute Gasteiger partial charge is 0.374 e. The van der Waals surface area contributed by atoms with Crippen molar-refractivity contribution in [2.45, 2.75) is 12.5 Å². The maximum absolute atomic E-state index is 5.98. The molecule has 2 rings (SSSR count). The van der Waals surface area contributed by atoms with Gasteiger partial charge in [-0.3, -0.25) is 0 Å². The van der Waals surface area contributed by atoms with Crippen molar-refractivity contribution >= 4 is 5.69 Å². The molecule has 0 saturated heterocycles. The quantitative estimate of drug-likeness (QED) is 0.626. The molecule has 2 heteroatoms. The maximum atomic E-state index is 5.98. The Morgan fingerprint density at radius 3 is 2.92 bits per heavy atom. The Kier molecular flexibility index (Phi) is 1.77. The zero-order chi connectivity index (χ0) is 8.55.